The van der Waals surface area contributed by atoms with Crippen molar-refractivity contribution in [2.75, 3.05) is 0 Å². The Hall–Kier alpha value is -2.80. The molecule has 1 aromatic rings. The van der Waals surface area contributed by atoms with Crippen molar-refractivity contribution in [2.24, 2.45) is 9.98 Å². The number of aliphatic imine (C=N–C) groups is 2. The highest BCUT2D eigenvalue weighted by Gasteiger charge is 2.13. The number of ketones is 1. The smallest absolute Gasteiger partial charge is 0.135 e. The van der Waals surface area contributed by atoms with Crippen LogP contribution in [0.15, 0.2) is 46.7 Å². The van der Waals surface area contributed by atoms with E-state index in [4.69, 9.17) is 6.42 Å². The lowest BCUT2D eigenvalue weighted by Crippen LogP contribution is -1.96. The van der Waals surface area contributed by atoms with Crippen molar-refractivity contribution in [2.45, 2.75) is 74.1 Å². The van der Waals surface area contributed by atoms with Gasteiger partial charge in [-0.1, -0.05) is 46.8 Å². The van der Waals surface area contributed by atoms with E-state index >= 15 is 0 Å². The average molecular weight is 413 g/mol. The van der Waals surface area contributed by atoms with E-state index in [1.807, 2.05) is 26.8 Å². The minimum Gasteiger partial charge on any atom is -0.300 e. The van der Waals surface area contributed by atoms with Gasteiger partial charge in [0.25, 0.3) is 0 Å². The van der Waals surface area contributed by atoms with Crippen LogP contribution in [0.4, 0.5) is 4.39 Å². The van der Waals surface area contributed by atoms with Crippen LogP contribution in [0.3, 0.4) is 0 Å². The van der Waals surface area contributed by atoms with E-state index in [1.54, 1.807) is 13.0 Å². The molecule has 30 heavy (non-hydrogen) atoms. The van der Waals surface area contributed by atoms with Crippen LogP contribution in [0.25, 0.3) is 0 Å². The number of terminal acetylenes is 1. The molecule has 4 heteroatoms. The molecular formula is C26H37FN2O. The minimum absolute atomic E-state index is 0. The number of hydrogen-bond donors (Lipinski definition) is 0. The van der Waals surface area contributed by atoms with Gasteiger partial charge in [-0.15, -0.1) is 6.42 Å². The third kappa shape index (κ3) is 10.7. The quantitative estimate of drug-likeness (QED) is 0.379. The summed E-state index contributed by atoms with van der Waals surface area (Å²) in [5.74, 6) is 2.41. The fourth-order valence-electron chi connectivity index (χ4n) is 2.71. The zero-order valence-corrected chi connectivity index (χ0v) is 18.4. The van der Waals surface area contributed by atoms with E-state index in [0.29, 0.717) is 17.8 Å². The van der Waals surface area contributed by atoms with Gasteiger partial charge >= 0.3 is 0 Å². The van der Waals surface area contributed by atoms with Crippen LogP contribution in [0.2, 0.25) is 0 Å². The molecule has 0 spiro atoms. The number of carbonyl (C=O) groups is 1. The molecular weight excluding hydrogens is 375 g/mol. The second kappa shape index (κ2) is 17.1. The SMILES string of the molecule is C.C#C/C=C(\N=CCC(C)=O)C(C)=NC=C.CC.CCc1cc2c(cc1F)CCC2. The van der Waals surface area contributed by atoms with E-state index in [2.05, 4.69) is 22.5 Å². The van der Waals surface area contributed by atoms with Crippen molar-refractivity contribution in [1.82, 2.24) is 0 Å². The third-order valence-electron chi connectivity index (χ3n) is 4.13. The van der Waals surface area contributed by atoms with E-state index in [1.165, 1.54) is 43.0 Å². The van der Waals surface area contributed by atoms with Gasteiger partial charge in [-0.3, -0.25) is 14.8 Å². The number of rotatable bonds is 6. The number of Topliss-reactive ketones (excluding diaryl/α,β-unsaturated/α-hetero) is 1. The highest BCUT2D eigenvalue weighted by atomic mass is 19.1. The molecule has 0 saturated carbocycles. The average Bonchev–Trinajstić information content (AvgIpc) is 3.15. The van der Waals surface area contributed by atoms with Gasteiger partial charge in [0.05, 0.1) is 11.4 Å². The summed E-state index contributed by atoms with van der Waals surface area (Å²) in [6, 6.07) is 3.76. The summed E-state index contributed by atoms with van der Waals surface area (Å²) in [5.41, 5.74) is 4.70. The minimum atomic E-state index is -0.0156. The second-order valence-corrected chi connectivity index (χ2v) is 6.23. The Morgan fingerprint density at radius 2 is 1.87 bits per heavy atom. The largest absolute Gasteiger partial charge is 0.300 e. The lowest BCUT2D eigenvalue weighted by Gasteiger charge is -2.03. The molecule has 0 unspecified atom stereocenters. The Labute approximate surface area is 182 Å². The second-order valence-electron chi connectivity index (χ2n) is 6.23. The zero-order chi connectivity index (χ0) is 22.2. The molecule has 3 nitrogen and oxygen atoms in total. The van der Waals surface area contributed by atoms with E-state index in [-0.39, 0.29) is 19.0 Å². The first-order chi connectivity index (χ1) is 13.9. The highest BCUT2D eigenvalue weighted by molar-refractivity contribution is 6.00. The van der Waals surface area contributed by atoms with Gasteiger partial charge < -0.3 is 0 Å². The van der Waals surface area contributed by atoms with Crippen LogP contribution in [-0.2, 0) is 24.1 Å². The van der Waals surface area contributed by atoms with E-state index in [0.717, 1.165) is 24.8 Å². The van der Waals surface area contributed by atoms with Crippen molar-refractivity contribution in [3.63, 3.8) is 0 Å². The number of halogens is 1. The summed E-state index contributed by atoms with van der Waals surface area (Å²) >= 11 is 0. The first kappa shape index (κ1) is 29.4. The fourth-order valence-corrected chi connectivity index (χ4v) is 2.71. The molecule has 0 amide bonds. The van der Waals surface area contributed by atoms with Gasteiger partial charge in [0.2, 0.25) is 0 Å². The summed E-state index contributed by atoms with van der Waals surface area (Å²) in [4.78, 5) is 18.7. The van der Waals surface area contributed by atoms with Crippen molar-refractivity contribution in [1.29, 1.82) is 0 Å². The number of carbonyl (C=O) groups excluding carboxylic acids is 1. The van der Waals surface area contributed by atoms with Crippen molar-refractivity contribution < 1.29 is 9.18 Å². The molecule has 1 aliphatic carbocycles. The normalized spacial score (nSPS) is 12.4. The van der Waals surface area contributed by atoms with E-state index < -0.39 is 0 Å². The molecule has 0 aromatic heterocycles. The molecule has 0 saturated heterocycles. The Morgan fingerprint density at radius 3 is 2.37 bits per heavy atom. The summed E-state index contributed by atoms with van der Waals surface area (Å²) in [6.45, 7) is 12.8. The van der Waals surface area contributed by atoms with Gasteiger partial charge in [-0.25, -0.2) is 4.39 Å². The third-order valence-corrected chi connectivity index (χ3v) is 4.13. The Kier molecular flexibility index (Phi) is 16.8. The number of fused-ring (bicyclic) bond motifs is 1. The maximum absolute atomic E-state index is 13.2. The number of nitrogens with zero attached hydrogens (tertiary/aromatic N) is 2. The fraction of sp³-hybridized carbons (Fsp3) is 0.423. The Morgan fingerprint density at radius 1 is 1.27 bits per heavy atom. The van der Waals surface area contributed by atoms with Gasteiger partial charge in [-0.2, -0.15) is 0 Å². The van der Waals surface area contributed by atoms with Gasteiger partial charge in [0, 0.05) is 24.9 Å². The molecule has 164 valence electrons. The monoisotopic (exact) mass is 412 g/mol. The van der Waals surface area contributed by atoms with Crippen LogP contribution in [0.5, 0.6) is 0 Å². The van der Waals surface area contributed by atoms with Crippen molar-refractivity contribution in [3.05, 3.63) is 59.2 Å². The molecule has 0 radical (unpaired) electrons. The summed E-state index contributed by atoms with van der Waals surface area (Å²) in [5, 5.41) is 0. The predicted molar refractivity (Wildman–Crippen MR) is 130 cm³/mol. The summed E-state index contributed by atoms with van der Waals surface area (Å²) in [6.07, 6.45) is 14.1. The molecule has 1 aromatic carbocycles. The van der Waals surface area contributed by atoms with E-state index in [9.17, 15) is 9.18 Å². The van der Waals surface area contributed by atoms with Crippen LogP contribution < -0.4 is 0 Å². The highest BCUT2D eigenvalue weighted by Crippen LogP contribution is 2.25. The first-order valence-electron chi connectivity index (χ1n) is 10.1. The molecule has 0 fully saturated rings. The number of aryl methyl sites for hydroxylation is 3. The first-order valence-corrected chi connectivity index (χ1v) is 10.1. The number of allylic oxidation sites excluding steroid dienone is 2. The van der Waals surface area contributed by atoms with Gasteiger partial charge in [0.1, 0.15) is 11.6 Å². The molecule has 0 heterocycles. The Bertz CT molecular complexity index is 810. The topological polar surface area (TPSA) is 41.8 Å². The van der Waals surface area contributed by atoms with Gasteiger partial charge in [0.15, 0.2) is 0 Å². The molecule has 2 rings (SSSR count). The lowest BCUT2D eigenvalue weighted by molar-refractivity contribution is -0.115. The maximum atomic E-state index is 13.2. The van der Waals surface area contributed by atoms with Crippen LogP contribution >= 0.6 is 0 Å². The summed E-state index contributed by atoms with van der Waals surface area (Å²) < 4.78 is 13.2. The predicted octanol–water partition coefficient (Wildman–Crippen LogP) is 6.70. The molecule has 0 N–H and O–H groups in total. The van der Waals surface area contributed by atoms with Gasteiger partial charge in [-0.05, 0) is 62.3 Å². The number of hydrogen-bond acceptors (Lipinski definition) is 3. The Balaban J connectivity index is 0. The van der Waals surface area contributed by atoms with Crippen LogP contribution in [0, 0.1) is 18.2 Å². The molecule has 0 atom stereocenters. The lowest BCUT2D eigenvalue weighted by atomic mass is 10.0. The van der Waals surface area contributed by atoms with Crippen molar-refractivity contribution >= 4 is 17.7 Å². The molecule has 1 aliphatic rings. The standard InChI is InChI=1S/C12H14N2O.C11H13F.C2H6.CH4/c1-5-7-12(11(4)13-6-2)14-9-8-10(3)15;1-2-8-6-9-4-3-5-10(9)7-11(8)12;1-2;/h1,6-7,9H,2,8H2,3-4H3;6-7H,2-5H2,1H3;1-2H3;1H4/b12-7-,13-11?,14-9?;;;. The molecule has 0 aliphatic heterocycles. The molecule has 0 bridgehead atoms. The number of benzene rings is 1. The van der Waals surface area contributed by atoms with Crippen LogP contribution in [0.1, 0.15) is 71.6 Å². The zero-order valence-electron chi connectivity index (χ0n) is 18.4. The van der Waals surface area contributed by atoms with Crippen LogP contribution in [-0.4, -0.2) is 17.7 Å². The summed E-state index contributed by atoms with van der Waals surface area (Å²) in [7, 11) is 0. The van der Waals surface area contributed by atoms with Crippen molar-refractivity contribution in [3.8, 4) is 12.3 Å². The maximum Gasteiger partial charge on any atom is 0.135 e.